The van der Waals surface area contributed by atoms with Gasteiger partial charge < -0.3 is 5.32 Å². The zero-order chi connectivity index (χ0) is 13.1. The topological polar surface area (TPSA) is 15.3 Å². The number of nitrogens with zero attached hydrogens (tertiary/aromatic N) is 1. The van der Waals surface area contributed by atoms with Gasteiger partial charge >= 0.3 is 0 Å². The Hall–Kier alpha value is -0.0800. The van der Waals surface area contributed by atoms with Crippen molar-refractivity contribution in [3.8, 4) is 0 Å². The Morgan fingerprint density at radius 2 is 1.59 bits per heavy atom. The van der Waals surface area contributed by atoms with Crippen molar-refractivity contribution < 1.29 is 0 Å². The molecule has 0 aromatic rings. The van der Waals surface area contributed by atoms with E-state index >= 15 is 0 Å². The van der Waals surface area contributed by atoms with Crippen molar-refractivity contribution in [2.24, 2.45) is 16.7 Å². The van der Waals surface area contributed by atoms with Crippen LogP contribution in [0.1, 0.15) is 48.5 Å². The predicted molar refractivity (Wildman–Crippen MR) is 74.2 cm³/mol. The maximum Gasteiger partial charge on any atom is 0.0252 e. The minimum Gasteiger partial charge on any atom is -0.309 e. The van der Waals surface area contributed by atoms with Gasteiger partial charge in [0, 0.05) is 31.2 Å². The molecule has 2 rings (SSSR count). The highest BCUT2D eigenvalue weighted by molar-refractivity contribution is 5.13. The predicted octanol–water partition coefficient (Wildman–Crippen LogP) is 2.74. The van der Waals surface area contributed by atoms with Crippen LogP contribution in [0.4, 0.5) is 0 Å². The summed E-state index contributed by atoms with van der Waals surface area (Å²) in [5.74, 6) is 0.853. The van der Waals surface area contributed by atoms with Crippen molar-refractivity contribution in [2.75, 3.05) is 19.6 Å². The summed E-state index contributed by atoms with van der Waals surface area (Å²) in [6.07, 6.45) is 0. The van der Waals surface area contributed by atoms with Gasteiger partial charge in [0.05, 0.1) is 0 Å². The highest BCUT2D eigenvalue weighted by atomic mass is 15.3. The lowest BCUT2D eigenvalue weighted by atomic mass is 9.98. The van der Waals surface area contributed by atoms with Crippen LogP contribution < -0.4 is 5.32 Å². The zero-order valence-electron chi connectivity index (χ0n) is 12.7. The Kier molecular flexibility index (Phi) is 2.91. The number of nitrogens with one attached hydrogen (secondary N) is 1. The van der Waals surface area contributed by atoms with E-state index in [9.17, 15) is 0 Å². The summed E-state index contributed by atoms with van der Waals surface area (Å²) in [6, 6.07) is 0.676. The van der Waals surface area contributed by atoms with Crippen LogP contribution in [0.3, 0.4) is 0 Å². The third kappa shape index (κ3) is 2.15. The molecule has 1 saturated carbocycles. The molecule has 2 nitrogen and oxygen atoms in total. The lowest BCUT2D eigenvalue weighted by molar-refractivity contribution is 0.0941. The van der Waals surface area contributed by atoms with Gasteiger partial charge in [0.15, 0.2) is 0 Å². The third-order valence-corrected chi connectivity index (χ3v) is 5.83. The van der Waals surface area contributed by atoms with E-state index in [0.29, 0.717) is 16.9 Å². The molecule has 0 aromatic carbocycles. The van der Waals surface area contributed by atoms with Crippen LogP contribution in [0.2, 0.25) is 0 Å². The third-order valence-electron chi connectivity index (χ3n) is 5.83. The molecule has 1 aliphatic heterocycles. The van der Waals surface area contributed by atoms with Gasteiger partial charge in [0.1, 0.15) is 0 Å². The molecule has 2 fully saturated rings. The highest BCUT2D eigenvalue weighted by Crippen LogP contribution is 2.68. The quantitative estimate of drug-likeness (QED) is 0.796. The Morgan fingerprint density at radius 1 is 1.06 bits per heavy atom. The van der Waals surface area contributed by atoms with E-state index in [1.54, 1.807) is 0 Å². The standard InChI is InChI=1S/C15H30N2/c1-11-8-16-13(2,3)10-17(11)9-12-14(4,5)15(12,6)7/h11-12,16H,8-10H2,1-7H3. The lowest BCUT2D eigenvalue weighted by Crippen LogP contribution is -2.61. The van der Waals surface area contributed by atoms with Crippen molar-refractivity contribution in [3.05, 3.63) is 0 Å². The van der Waals surface area contributed by atoms with E-state index in [-0.39, 0.29) is 5.54 Å². The fourth-order valence-electron chi connectivity index (χ4n) is 3.54. The first kappa shape index (κ1) is 13.4. The van der Waals surface area contributed by atoms with Gasteiger partial charge in [-0.1, -0.05) is 27.7 Å². The Bertz CT molecular complexity index is 290. The Balaban J connectivity index is 2.00. The molecule has 1 heterocycles. The van der Waals surface area contributed by atoms with Crippen LogP contribution in [-0.4, -0.2) is 36.1 Å². The second kappa shape index (κ2) is 3.71. The molecular formula is C15H30N2. The van der Waals surface area contributed by atoms with Crippen LogP contribution >= 0.6 is 0 Å². The number of hydrogen-bond acceptors (Lipinski definition) is 2. The summed E-state index contributed by atoms with van der Waals surface area (Å²) in [4.78, 5) is 2.69. The van der Waals surface area contributed by atoms with Crippen LogP contribution in [-0.2, 0) is 0 Å². The first-order chi connectivity index (χ1) is 7.58. The second-order valence-electron chi connectivity index (χ2n) is 8.04. The summed E-state index contributed by atoms with van der Waals surface area (Å²) in [5.41, 5.74) is 1.30. The maximum absolute atomic E-state index is 3.63. The van der Waals surface area contributed by atoms with Crippen molar-refractivity contribution in [1.82, 2.24) is 10.2 Å². The first-order valence-electron chi connectivity index (χ1n) is 7.07. The van der Waals surface area contributed by atoms with Crippen molar-refractivity contribution in [1.29, 1.82) is 0 Å². The van der Waals surface area contributed by atoms with Gasteiger partial charge in [-0.05, 0) is 37.5 Å². The van der Waals surface area contributed by atoms with E-state index < -0.39 is 0 Å². The van der Waals surface area contributed by atoms with E-state index in [0.717, 1.165) is 12.5 Å². The van der Waals surface area contributed by atoms with Crippen LogP contribution in [0.25, 0.3) is 0 Å². The molecule has 0 radical (unpaired) electrons. The maximum atomic E-state index is 3.63. The SMILES string of the molecule is CC1CNC(C)(C)CN1CC1C(C)(C)C1(C)C. The smallest absolute Gasteiger partial charge is 0.0252 e. The van der Waals surface area contributed by atoms with Gasteiger partial charge in [-0.3, -0.25) is 4.90 Å². The molecule has 0 spiro atoms. The van der Waals surface area contributed by atoms with E-state index in [1.165, 1.54) is 13.1 Å². The molecule has 1 aliphatic carbocycles. The normalized spacial score (nSPS) is 35.8. The van der Waals surface area contributed by atoms with E-state index in [1.807, 2.05) is 0 Å². The molecular weight excluding hydrogens is 208 g/mol. The summed E-state index contributed by atoms with van der Waals surface area (Å²) < 4.78 is 0. The fraction of sp³-hybridized carbons (Fsp3) is 1.00. The van der Waals surface area contributed by atoms with Gasteiger partial charge in [-0.2, -0.15) is 0 Å². The summed E-state index contributed by atoms with van der Waals surface area (Å²) in [7, 11) is 0. The van der Waals surface area contributed by atoms with Crippen molar-refractivity contribution in [3.63, 3.8) is 0 Å². The average molecular weight is 238 g/mol. The molecule has 1 N–H and O–H groups in total. The number of piperazine rings is 1. The van der Waals surface area contributed by atoms with E-state index in [4.69, 9.17) is 0 Å². The molecule has 2 aliphatic rings. The monoisotopic (exact) mass is 238 g/mol. The molecule has 0 bridgehead atoms. The lowest BCUT2D eigenvalue weighted by Gasteiger charge is -2.43. The molecule has 0 amide bonds. The van der Waals surface area contributed by atoms with Crippen molar-refractivity contribution in [2.45, 2.75) is 60.0 Å². The zero-order valence-corrected chi connectivity index (χ0v) is 12.7. The molecule has 0 aromatic heterocycles. The molecule has 2 heteroatoms. The summed E-state index contributed by atoms with van der Waals surface area (Å²) in [5, 5.41) is 3.63. The van der Waals surface area contributed by atoms with Crippen LogP contribution in [0, 0.1) is 16.7 Å². The fourth-order valence-corrected chi connectivity index (χ4v) is 3.54. The number of rotatable bonds is 2. The van der Waals surface area contributed by atoms with Gasteiger partial charge in [0.2, 0.25) is 0 Å². The van der Waals surface area contributed by atoms with Gasteiger partial charge in [0.25, 0.3) is 0 Å². The first-order valence-corrected chi connectivity index (χ1v) is 7.07. The molecule has 1 atom stereocenters. The summed E-state index contributed by atoms with van der Waals surface area (Å²) >= 11 is 0. The van der Waals surface area contributed by atoms with Crippen LogP contribution in [0.5, 0.6) is 0 Å². The largest absolute Gasteiger partial charge is 0.309 e. The Morgan fingerprint density at radius 3 is 2.06 bits per heavy atom. The highest BCUT2D eigenvalue weighted by Gasteiger charge is 2.64. The minimum absolute atomic E-state index is 0.273. The number of hydrogen-bond donors (Lipinski definition) is 1. The summed E-state index contributed by atoms with van der Waals surface area (Å²) in [6.45, 7) is 20.3. The van der Waals surface area contributed by atoms with Gasteiger partial charge in [-0.25, -0.2) is 0 Å². The van der Waals surface area contributed by atoms with E-state index in [2.05, 4.69) is 58.7 Å². The van der Waals surface area contributed by atoms with Crippen molar-refractivity contribution >= 4 is 0 Å². The second-order valence-corrected chi connectivity index (χ2v) is 8.04. The average Bonchev–Trinajstić information content (AvgIpc) is 2.54. The molecule has 1 saturated heterocycles. The molecule has 17 heavy (non-hydrogen) atoms. The Labute approximate surface area is 107 Å². The molecule has 100 valence electrons. The minimum atomic E-state index is 0.273. The molecule has 1 unspecified atom stereocenters. The van der Waals surface area contributed by atoms with Gasteiger partial charge in [-0.15, -0.1) is 0 Å². The van der Waals surface area contributed by atoms with Crippen LogP contribution in [0.15, 0.2) is 0 Å².